The summed E-state index contributed by atoms with van der Waals surface area (Å²) < 4.78 is 85.8. The van der Waals surface area contributed by atoms with E-state index in [9.17, 15) is 34.0 Å². The summed E-state index contributed by atoms with van der Waals surface area (Å²) in [6.45, 7) is 2.23. The van der Waals surface area contributed by atoms with Gasteiger partial charge < -0.3 is 5.32 Å². The van der Waals surface area contributed by atoms with E-state index in [4.69, 9.17) is 0 Å². The summed E-state index contributed by atoms with van der Waals surface area (Å²) >= 11 is 0. The number of aryl methyl sites for hydroxylation is 1. The minimum atomic E-state index is -10.7. The van der Waals surface area contributed by atoms with Crippen LogP contribution in [0.4, 0.5) is 45.6 Å². The fourth-order valence-corrected chi connectivity index (χ4v) is 3.70. The van der Waals surface area contributed by atoms with Gasteiger partial charge in [-0.1, -0.05) is 75.6 Å². The largest absolute Gasteiger partial charge is 0.325 e. The Kier molecular flexibility index (Phi) is 16.1. The van der Waals surface area contributed by atoms with Crippen LogP contribution >= 0.6 is 7.81 Å². The normalized spacial score (nSPS) is 12.2. The molecular weight excluding hydrogens is 806 g/mol. The van der Waals surface area contributed by atoms with Gasteiger partial charge in [-0.25, -0.2) is 9.97 Å². The number of aromatic nitrogens is 4. The van der Waals surface area contributed by atoms with Gasteiger partial charge in [0.05, 0.1) is 5.82 Å². The first-order valence-electron chi connectivity index (χ1n) is 13.9. The van der Waals surface area contributed by atoms with E-state index in [1.165, 1.54) is 44.9 Å². The summed E-state index contributed by atoms with van der Waals surface area (Å²) in [7, 11) is -10.7. The number of hydrogen-bond acceptors (Lipinski definition) is 5. The van der Waals surface area contributed by atoms with E-state index < -0.39 is 19.4 Å². The molecule has 0 unspecified atom stereocenters. The maximum absolute atomic E-state index is 13.7. The predicted octanol–water partition coefficient (Wildman–Crippen LogP) is 11.5. The Labute approximate surface area is 270 Å². The van der Waals surface area contributed by atoms with Gasteiger partial charge in [0.1, 0.15) is 11.6 Å². The van der Waals surface area contributed by atoms with E-state index >= 15 is 0 Å². The van der Waals surface area contributed by atoms with Crippen LogP contribution in [0, 0.1) is 17.7 Å². The van der Waals surface area contributed by atoms with Crippen LogP contribution in [0.25, 0.3) is 11.4 Å². The number of halogens is 8. The van der Waals surface area contributed by atoms with Gasteiger partial charge in [0.2, 0.25) is 0 Å². The van der Waals surface area contributed by atoms with Crippen molar-refractivity contribution in [1.29, 1.82) is 0 Å². The number of anilines is 2. The number of hydrogen-bond donors (Lipinski definition) is 1. The monoisotopic (exact) mass is 840 g/mol. The van der Waals surface area contributed by atoms with Crippen molar-refractivity contribution >= 4 is 19.4 Å². The van der Waals surface area contributed by atoms with Gasteiger partial charge in [0.15, 0.2) is 0 Å². The topological polar surface area (TPSA) is 63.6 Å². The molecule has 0 atom stereocenters. The van der Waals surface area contributed by atoms with Crippen LogP contribution in [0.2, 0.25) is 0 Å². The molecule has 3 heterocycles. The molecule has 1 N–H and O–H groups in total. The van der Waals surface area contributed by atoms with Crippen LogP contribution in [0.1, 0.15) is 63.9 Å². The second kappa shape index (κ2) is 18.2. The third-order valence-corrected chi connectivity index (χ3v) is 5.69. The zero-order valence-electron chi connectivity index (χ0n) is 24.4. The quantitative estimate of drug-likeness (QED) is 0.0666. The Balaban J connectivity index is 0.000000402. The molecule has 0 aliphatic rings. The van der Waals surface area contributed by atoms with Crippen LogP contribution in [0.3, 0.4) is 0 Å². The second-order valence-corrected chi connectivity index (χ2v) is 11.6. The Morgan fingerprint density at radius 2 is 1.20 bits per heavy atom. The van der Waals surface area contributed by atoms with Crippen molar-refractivity contribution in [3.8, 4) is 11.4 Å². The summed E-state index contributed by atoms with van der Waals surface area (Å²) in [5.74, 6) is 0.517. The van der Waals surface area contributed by atoms with E-state index in [0.29, 0.717) is 0 Å². The number of benzene rings is 1. The maximum atomic E-state index is 13.7. The molecular formula is C30H34F8IrN5P-2. The van der Waals surface area contributed by atoms with Crippen LogP contribution in [-0.2, 0) is 26.5 Å². The zero-order valence-corrected chi connectivity index (χ0v) is 27.7. The minimum absolute atomic E-state index is 0. The van der Waals surface area contributed by atoms with Crippen LogP contribution < -0.4 is 5.32 Å². The molecule has 0 saturated carbocycles. The molecule has 0 spiro atoms. The Morgan fingerprint density at radius 1 is 0.711 bits per heavy atom. The summed E-state index contributed by atoms with van der Waals surface area (Å²) in [5.41, 5.74) is 1.15. The summed E-state index contributed by atoms with van der Waals surface area (Å²) in [4.78, 5) is 16.6. The molecule has 3 aromatic heterocycles. The van der Waals surface area contributed by atoms with Gasteiger partial charge >= 0.3 is 33.0 Å². The van der Waals surface area contributed by atoms with Crippen LogP contribution in [0.15, 0.2) is 73.3 Å². The molecule has 1 radical (unpaired) electrons. The van der Waals surface area contributed by atoms with Gasteiger partial charge in [-0.05, 0) is 42.7 Å². The van der Waals surface area contributed by atoms with Gasteiger partial charge in [-0.15, -0.1) is 12.1 Å². The summed E-state index contributed by atoms with van der Waals surface area (Å²) in [6, 6.07) is 15.9. The molecule has 1 aromatic carbocycles. The number of unbranched alkanes of at least 4 members (excludes halogenated alkanes) is 7. The second-order valence-electron chi connectivity index (χ2n) is 9.69. The number of pyridine rings is 2. The van der Waals surface area contributed by atoms with Crippen molar-refractivity contribution in [2.45, 2.75) is 64.7 Å². The molecule has 15 heteroatoms. The van der Waals surface area contributed by atoms with Crippen molar-refractivity contribution in [2.75, 3.05) is 5.32 Å². The molecule has 0 bridgehead atoms. The first kappa shape index (κ1) is 39.9. The standard InChI is InChI=1S/C20H25F2N2.C10H9N3.F6P.Ir/c1-2-3-4-5-6-7-8-9-10-16-14-23-20(24-15-16)18-12-11-17(21)13-19(18)22;1-3-7-11-9(5-1)13-10-6-2-4-8-12-10;1-7(2,3,4,5)6;/h11,13-15H,2-10H2,1H3;1-8H,(H,11,12,13);;/q-1;;-1;. The molecule has 251 valence electrons. The Bertz CT molecular complexity index is 1340. The van der Waals surface area contributed by atoms with Crippen molar-refractivity contribution in [2.24, 2.45) is 0 Å². The van der Waals surface area contributed by atoms with Crippen molar-refractivity contribution in [1.82, 2.24) is 19.9 Å². The van der Waals surface area contributed by atoms with Crippen molar-refractivity contribution < 1.29 is 54.1 Å². The van der Waals surface area contributed by atoms with E-state index in [1.807, 2.05) is 36.4 Å². The molecule has 5 nitrogen and oxygen atoms in total. The Hall–Kier alpha value is -3.08. The zero-order chi connectivity index (χ0) is 32.5. The summed E-state index contributed by atoms with van der Waals surface area (Å²) in [6.07, 6.45) is 18.1. The Morgan fingerprint density at radius 3 is 1.64 bits per heavy atom. The van der Waals surface area contributed by atoms with Crippen LogP contribution in [-0.4, -0.2) is 19.9 Å². The van der Waals surface area contributed by atoms with Crippen LogP contribution in [0.5, 0.6) is 0 Å². The number of nitrogens with zero attached hydrogens (tertiary/aromatic N) is 4. The van der Waals surface area contributed by atoms with E-state index in [0.717, 1.165) is 42.2 Å². The third-order valence-electron chi connectivity index (χ3n) is 5.69. The molecule has 0 fully saturated rings. The molecule has 0 aliphatic heterocycles. The molecule has 0 aliphatic carbocycles. The van der Waals surface area contributed by atoms with E-state index in [1.54, 1.807) is 24.8 Å². The SMILES string of the molecule is CCCCCCCCCCc1cnc(-c2[c-]cc(F)cc2F)nc1.F[P-](F)(F)(F)(F)F.[Ir].c1ccc(Nc2ccccn2)nc1. The molecule has 45 heavy (non-hydrogen) atoms. The molecule has 4 aromatic rings. The first-order valence-corrected chi connectivity index (χ1v) is 16.0. The van der Waals surface area contributed by atoms with Gasteiger partial charge in [0.25, 0.3) is 0 Å². The van der Waals surface area contributed by atoms with Crippen molar-refractivity contribution in [3.63, 3.8) is 0 Å². The number of nitrogens with one attached hydrogen (secondary N) is 1. The molecule has 0 saturated heterocycles. The fourth-order valence-electron chi connectivity index (χ4n) is 3.70. The number of rotatable bonds is 12. The average Bonchev–Trinajstić information content (AvgIpc) is 2.95. The average molecular weight is 840 g/mol. The first-order chi connectivity index (χ1) is 20.6. The predicted molar refractivity (Wildman–Crippen MR) is 158 cm³/mol. The minimum Gasteiger partial charge on any atom is -0.325 e. The van der Waals surface area contributed by atoms with E-state index in [-0.39, 0.29) is 31.5 Å². The van der Waals surface area contributed by atoms with Gasteiger partial charge in [-0.2, -0.15) is 0 Å². The molecule has 4 rings (SSSR count). The maximum Gasteiger partial charge on any atom is 0.131 e. The van der Waals surface area contributed by atoms with Gasteiger partial charge in [0, 0.05) is 56.5 Å². The van der Waals surface area contributed by atoms with E-state index in [2.05, 4.69) is 38.2 Å². The van der Waals surface area contributed by atoms with Crippen molar-refractivity contribution in [3.05, 3.63) is 96.6 Å². The third kappa shape index (κ3) is 21.3. The fraction of sp³-hybridized carbons (Fsp3) is 0.333. The smallest absolute Gasteiger partial charge is 0.131 e. The molecule has 0 amide bonds. The summed E-state index contributed by atoms with van der Waals surface area (Å²) in [5, 5.41) is 3.08. The van der Waals surface area contributed by atoms with Gasteiger partial charge in [-0.3, -0.25) is 18.7 Å².